The van der Waals surface area contributed by atoms with Crippen molar-refractivity contribution in [2.75, 3.05) is 0 Å². The van der Waals surface area contributed by atoms with Crippen molar-refractivity contribution < 1.29 is 9.90 Å². The van der Waals surface area contributed by atoms with E-state index in [4.69, 9.17) is 0 Å². The van der Waals surface area contributed by atoms with Crippen molar-refractivity contribution in [3.05, 3.63) is 16.1 Å². The molecule has 1 unspecified atom stereocenters. The van der Waals surface area contributed by atoms with Crippen LogP contribution in [0.3, 0.4) is 0 Å². The number of carbonyl (C=O) groups is 1. The molecule has 0 radical (unpaired) electrons. The highest BCUT2D eigenvalue weighted by Crippen LogP contribution is 2.31. The van der Waals surface area contributed by atoms with Crippen molar-refractivity contribution in [3.63, 3.8) is 0 Å². The Morgan fingerprint density at radius 2 is 1.89 bits per heavy atom. The van der Waals surface area contributed by atoms with Crippen molar-refractivity contribution in [1.29, 1.82) is 0 Å². The van der Waals surface area contributed by atoms with Crippen LogP contribution in [0.4, 0.5) is 0 Å². The Labute approximate surface area is 113 Å². The number of nitrogens with zero attached hydrogens (tertiary/aromatic N) is 1. The molecule has 0 spiro atoms. The van der Waals surface area contributed by atoms with Gasteiger partial charge in [-0.3, -0.25) is 4.79 Å². The van der Waals surface area contributed by atoms with Crippen LogP contribution in [0.1, 0.15) is 52.2 Å². The number of aliphatic carboxylic acids is 1. The van der Waals surface area contributed by atoms with Gasteiger partial charge in [-0.25, -0.2) is 4.98 Å². The first kappa shape index (κ1) is 15.2. The molecule has 1 atom stereocenters. The summed E-state index contributed by atoms with van der Waals surface area (Å²) < 4.78 is 0. The van der Waals surface area contributed by atoms with E-state index in [2.05, 4.69) is 25.8 Å². The second kappa shape index (κ2) is 5.00. The van der Waals surface area contributed by atoms with Gasteiger partial charge in [0.05, 0.1) is 16.6 Å². The lowest BCUT2D eigenvalue weighted by Crippen LogP contribution is -2.30. The highest BCUT2D eigenvalue weighted by molar-refractivity contribution is 7.09. The van der Waals surface area contributed by atoms with Crippen LogP contribution >= 0.6 is 11.3 Å². The Kier molecular flexibility index (Phi) is 4.21. The average molecular weight is 269 g/mol. The Hall–Kier alpha value is -0.900. The highest BCUT2D eigenvalue weighted by atomic mass is 32.1. The Morgan fingerprint density at radius 1 is 1.33 bits per heavy atom. The van der Waals surface area contributed by atoms with Crippen molar-refractivity contribution in [1.82, 2.24) is 4.98 Å². The van der Waals surface area contributed by atoms with E-state index in [9.17, 15) is 9.90 Å². The van der Waals surface area contributed by atoms with Gasteiger partial charge in [-0.2, -0.15) is 0 Å². The SMILES string of the molecule is CC(C)(C)c1csc(CC(C(=O)O)C(C)(C)C)n1. The van der Waals surface area contributed by atoms with Gasteiger partial charge in [-0.05, 0) is 5.41 Å². The summed E-state index contributed by atoms with van der Waals surface area (Å²) in [6, 6.07) is 0. The first-order valence-corrected chi connectivity index (χ1v) is 7.07. The van der Waals surface area contributed by atoms with Crippen molar-refractivity contribution in [2.24, 2.45) is 11.3 Å². The van der Waals surface area contributed by atoms with Crippen LogP contribution < -0.4 is 0 Å². The first-order chi connectivity index (χ1) is 8.01. The average Bonchev–Trinajstić information content (AvgIpc) is 2.58. The zero-order valence-electron chi connectivity index (χ0n) is 12.1. The third-order valence-corrected chi connectivity index (χ3v) is 3.91. The van der Waals surface area contributed by atoms with Gasteiger partial charge in [0.2, 0.25) is 0 Å². The number of hydrogen-bond acceptors (Lipinski definition) is 3. The van der Waals surface area contributed by atoms with E-state index in [0.717, 1.165) is 10.7 Å². The largest absolute Gasteiger partial charge is 0.481 e. The fourth-order valence-electron chi connectivity index (χ4n) is 1.69. The zero-order valence-corrected chi connectivity index (χ0v) is 12.9. The monoisotopic (exact) mass is 269 g/mol. The van der Waals surface area contributed by atoms with Gasteiger partial charge >= 0.3 is 5.97 Å². The molecule has 0 amide bonds. The molecule has 1 heterocycles. The Bertz CT molecular complexity index is 424. The summed E-state index contributed by atoms with van der Waals surface area (Å²) in [6.07, 6.45) is 0.513. The number of carboxylic acid groups (broad SMARTS) is 1. The summed E-state index contributed by atoms with van der Waals surface area (Å²) in [4.78, 5) is 15.9. The van der Waals surface area contributed by atoms with Crippen LogP contribution in [-0.2, 0) is 16.6 Å². The minimum atomic E-state index is -0.741. The third-order valence-electron chi connectivity index (χ3n) is 3.04. The van der Waals surface area contributed by atoms with Crippen LogP contribution in [-0.4, -0.2) is 16.1 Å². The highest BCUT2D eigenvalue weighted by Gasteiger charge is 2.32. The molecule has 18 heavy (non-hydrogen) atoms. The Balaban J connectivity index is 2.90. The molecule has 1 aromatic rings. The molecule has 0 aliphatic rings. The molecule has 0 bridgehead atoms. The van der Waals surface area contributed by atoms with Crippen molar-refractivity contribution in [2.45, 2.75) is 53.4 Å². The van der Waals surface area contributed by atoms with Gasteiger partial charge in [0, 0.05) is 17.2 Å². The molecule has 0 aliphatic carbocycles. The van der Waals surface area contributed by atoms with Crippen molar-refractivity contribution in [3.8, 4) is 0 Å². The fourth-order valence-corrected chi connectivity index (χ4v) is 2.76. The first-order valence-electron chi connectivity index (χ1n) is 6.19. The van der Waals surface area contributed by atoms with Gasteiger partial charge in [-0.15, -0.1) is 11.3 Å². The van der Waals surface area contributed by atoms with Gasteiger partial charge in [0.25, 0.3) is 0 Å². The molecule has 0 saturated heterocycles. The minimum Gasteiger partial charge on any atom is -0.481 e. The molecular weight excluding hydrogens is 246 g/mol. The van der Waals surface area contributed by atoms with Gasteiger partial charge in [-0.1, -0.05) is 41.5 Å². The second-order valence-electron chi connectivity index (χ2n) is 6.84. The normalized spacial score (nSPS) is 14.6. The Morgan fingerprint density at radius 3 is 2.22 bits per heavy atom. The topological polar surface area (TPSA) is 50.2 Å². The molecular formula is C14H23NO2S. The smallest absolute Gasteiger partial charge is 0.307 e. The van der Waals surface area contributed by atoms with E-state index in [1.807, 2.05) is 26.2 Å². The number of thiazole rings is 1. The molecule has 0 fully saturated rings. The summed E-state index contributed by atoms with van der Waals surface area (Å²) in [5, 5.41) is 12.3. The summed E-state index contributed by atoms with van der Waals surface area (Å²) in [6.45, 7) is 12.2. The molecule has 1 rings (SSSR count). The quantitative estimate of drug-likeness (QED) is 0.909. The number of aromatic nitrogens is 1. The summed E-state index contributed by atoms with van der Waals surface area (Å²) >= 11 is 1.56. The number of hydrogen-bond donors (Lipinski definition) is 1. The molecule has 0 aliphatic heterocycles. The maximum atomic E-state index is 11.3. The fraction of sp³-hybridized carbons (Fsp3) is 0.714. The van der Waals surface area contributed by atoms with Gasteiger partial charge in [0.15, 0.2) is 0 Å². The molecule has 1 N–H and O–H groups in total. The van der Waals surface area contributed by atoms with Gasteiger partial charge < -0.3 is 5.11 Å². The lowest BCUT2D eigenvalue weighted by molar-refractivity contribution is -0.145. The maximum Gasteiger partial charge on any atom is 0.307 e. The number of rotatable bonds is 3. The standard InChI is InChI=1S/C14H23NO2S/c1-13(2,3)9(12(16)17)7-11-15-10(8-18-11)14(4,5)6/h8-9H,7H2,1-6H3,(H,16,17). The van der Waals surface area contributed by atoms with E-state index in [0.29, 0.717) is 6.42 Å². The van der Waals surface area contributed by atoms with Crippen LogP contribution in [0, 0.1) is 11.3 Å². The summed E-state index contributed by atoms with van der Waals surface area (Å²) in [7, 11) is 0. The van der Waals surface area contributed by atoms with Crippen LogP contribution in [0.15, 0.2) is 5.38 Å². The number of carboxylic acids is 1. The zero-order chi connectivity index (χ0) is 14.1. The predicted octanol–water partition coefficient (Wildman–Crippen LogP) is 3.73. The maximum absolute atomic E-state index is 11.3. The van der Waals surface area contributed by atoms with Crippen molar-refractivity contribution >= 4 is 17.3 Å². The second-order valence-corrected chi connectivity index (χ2v) is 7.78. The summed E-state index contributed by atoms with van der Waals surface area (Å²) in [5.74, 6) is -1.13. The van der Waals surface area contributed by atoms with E-state index in [-0.39, 0.29) is 10.8 Å². The molecule has 3 nitrogen and oxygen atoms in total. The van der Waals surface area contributed by atoms with Crippen LogP contribution in [0.25, 0.3) is 0 Å². The molecule has 0 aromatic carbocycles. The van der Waals surface area contributed by atoms with E-state index in [1.54, 1.807) is 11.3 Å². The minimum absolute atomic E-state index is 0.0230. The van der Waals surface area contributed by atoms with E-state index in [1.165, 1.54) is 0 Å². The molecule has 1 aromatic heterocycles. The van der Waals surface area contributed by atoms with Crippen LogP contribution in [0.2, 0.25) is 0 Å². The predicted molar refractivity (Wildman–Crippen MR) is 75.1 cm³/mol. The van der Waals surface area contributed by atoms with E-state index < -0.39 is 11.9 Å². The molecule has 102 valence electrons. The van der Waals surface area contributed by atoms with Crippen LogP contribution in [0.5, 0.6) is 0 Å². The van der Waals surface area contributed by atoms with Gasteiger partial charge in [0.1, 0.15) is 0 Å². The lowest BCUT2D eigenvalue weighted by Gasteiger charge is -2.26. The van der Waals surface area contributed by atoms with E-state index >= 15 is 0 Å². The molecule has 4 heteroatoms. The molecule has 0 saturated carbocycles. The summed E-state index contributed by atoms with van der Waals surface area (Å²) in [5.41, 5.74) is 0.815. The lowest BCUT2D eigenvalue weighted by atomic mass is 9.79. The third kappa shape index (κ3) is 3.80.